The molecule has 0 bridgehead atoms. The van der Waals surface area contributed by atoms with Crippen molar-refractivity contribution >= 4 is 21.8 Å². The van der Waals surface area contributed by atoms with Crippen LogP contribution >= 0.6 is 15.9 Å². The topological polar surface area (TPSA) is 60.0 Å². The normalized spacial score (nSPS) is 16.9. The second-order valence-corrected chi connectivity index (χ2v) is 8.80. The van der Waals surface area contributed by atoms with Gasteiger partial charge in [0, 0.05) is 43.2 Å². The highest BCUT2D eigenvalue weighted by Gasteiger charge is 2.30. The number of piperidine rings is 1. The third-order valence-corrected chi connectivity index (χ3v) is 5.49. The molecule has 1 aliphatic rings. The molecule has 1 aromatic carbocycles. The molecule has 1 N–H and O–H groups in total. The van der Waals surface area contributed by atoms with E-state index in [0.717, 1.165) is 36.8 Å². The standard InChI is InChI=1S/C22H35BrN2O4/c1-15(2)25(17-8-6-9-24-14-17)22(26)18-12-20(28-11-7-10-27-5)21(13-19(18)23)29-16(3)4/h12-13,15-17,24H,6-11,14H2,1-5H3. The number of carbonyl (C=O) groups excluding carboxylic acids is 1. The SMILES string of the molecule is COCCCOc1cc(C(=O)N(C(C)C)C2CCCNC2)c(Br)cc1OC(C)C. The Hall–Kier alpha value is -1.31. The van der Waals surface area contributed by atoms with Gasteiger partial charge in [-0.25, -0.2) is 0 Å². The Morgan fingerprint density at radius 3 is 2.59 bits per heavy atom. The molecule has 1 unspecified atom stereocenters. The number of amides is 1. The van der Waals surface area contributed by atoms with E-state index < -0.39 is 0 Å². The Kier molecular flexibility index (Phi) is 9.72. The Labute approximate surface area is 183 Å². The van der Waals surface area contributed by atoms with Crippen molar-refractivity contribution in [3.63, 3.8) is 0 Å². The van der Waals surface area contributed by atoms with E-state index in [2.05, 4.69) is 35.1 Å². The van der Waals surface area contributed by atoms with E-state index in [1.165, 1.54) is 0 Å². The number of benzene rings is 1. The van der Waals surface area contributed by atoms with Crippen molar-refractivity contribution in [1.82, 2.24) is 10.2 Å². The Morgan fingerprint density at radius 2 is 2.00 bits per heavy atom. The van der Waals surface area contributed by atoms with E-state index in [-0.39, 0.29) is 24.1 Å². The van der Waals surface area contributed by atoms with Crippen molar-refractivity contribution in [3.05, 3.63) is 22.2 Å². The zero-order valence-electron chi connectivity index (χ0n) is 18.3. The van der Waals surface area contributed by atoms with Gasteiger partial charge in [0.1, 0.15) is 0 Å². The van der Waals surface area contributed by atoms with E-state index in [4.69, 9.17) is 14.2 Å². The van der Waals surface area contributed by atoms with Gasteiger partial charge < -0.3 is 24.4 Å². The van der Waals surface area contributed by atoms with Crippen LogP contribution in [0.4, 0.5) is 0 Å². The summed E-state index contributed by atoms with van der Waals surface area (Å²) in [6, 6.07) is 3.96. The summed E-state index contributed by atoms with van der Waals surface area (Å²) in [7, 11) is 1.67. The van der Waals surface area contributed by atoms with Gasteiger partial charge in [-0.1, -0.05) is 0 Å². The number of nitrogens with zero attached hydrogens (tertiary/aromatic N) is 1. The molecule has 0 saturated carbocycles. The van der Waals surface area contributed by atoms with Crippen molar-refractivity contribution in [1.29, 1.82) is 0 Å². The van der Waals surface area contributed by atoms with E-state index in [0.29, 0.717) is 30.3 Å². The van der Waals surface area contributed by atoms with E-state index in [9.17, 15) is 4.79 Å². The van der Waals surface area contributed by atoms with Crippen molar-refractivity contribution in [2.45, 2.75) is 65.1 Å². The molecular weight excluding hydrogens is 436 g/mol. The van der Waals surface area contributed by atoms with Gasteiger partial charge in [0.15, 0.2) is 11.5 Å². The van der Waals surface area contributed by atoms with Crippen LogP contribution in [0.2, 0.25) is 0 Å². The van der Waals surface area contributed by atoms with Crippen LogP contribution in [0.5, 0.6) is 11.5 Å². The molecule has 1 atom stereocenters. The number of hydrogen-bond acceptors (Lipinski definition) is 5. The minimum Gasteiger partial charge on any atom is -0.490 e. The number of carbonyl (C=O) groups is 1. The van der Waals surface area contributed by atoms with Gasteiger partial charge in [-0.05, 0) is 75.1 Å². The summed E-state index contributed by atoms with van der Waals surface area (Å²) in [6.07, 6.45) is 2.87. The van der Waals surface area contributed by atoms with Gasteiger partial charge in [0.2, 0.25) is 0 Å². The lowest BCUT2D eigenvalue weighted by Crippen LogP contribution is -2.51. The molecule has 29 heavy (non-hydrogen) atoms. The quantitative estimate of drug-likeness (QED) is 0.517. The molecule has 1 aliphatic heterocycles. The monoisotopic (exact) mass is 470 g/mol. The fourth-order valence-corrected chi connectivity index (χ4v) is 4.07. The van der Waals surface area contributed by atoms with Gasteiger partial charge in [-0.15, -0.1) is 0 Å². The summed E-state index contributed by atoms with van der Waals surface area (Å²) >= 11 is 3.59. The molecule has 1 amide bonds. The van der Waals surface area contributed by atoms with E-state index in [1.54, 1.807) is 7.11 Å². The summed E-state index contributed by atoms with van der Waals surface area (Å²) in [5, 5.41) is 3.41. The molecule has 7 heteroatoms. The van der Waals surface area contributed by atoms with Gasteiger partial charge in [-0.2, -0.15) is 0 Å². The Bertz CT molecular complexity index is 660. The maximum Gasteiger partial charge on any atom is 0.255 e. The lowest BCUT2D eigenvalue weighted by molar-refractivity contribution is 0.0572. The van der Waals surface area contributed by atoms with Crippen molar-refractivity contribution in [3.8, 4) is 11.5 Å². The predicted octanol–water partition coefficient (Wildman–Crippen LogP) is 4.25. The zero-order chi connectivity index (χ0) is 21.4. The van der Waals surface area contributed by atoms with E-state index in [1.807, 2.05) is 30.9 Å². The number of rotatable bonds is 10. The van der Waals surface area contributed by atoms with Crippen LogP contribution in [-0.2, 0) is 4.74 Å². The highest BCUT2D eigenvalue weighted by atomic mass is 79.9. The number of halogens is 1. The van der Waals surface area contributed by atoms with Crippen LogP contribution in [0.25, 0.3) is 0 Å². The summed E-state index contributed by atoms with van der Waals surface area (Å²) in [6.45, 7) is 11.0. The Morgan fingerprint density at radius 1 is 1.24 bits per heavy atom. The van der Waals surface area contributed by atoms with Crippen LogP contribution in [0.1, 0.15) is 57.3 Å². The number of ether oxygens (including phenoxy) is 3. The largest absolute Gasteiger partial charge is 0.490 e. The molecule has 1 saturated heterocycles. The highest BCUT2D eigenvalue weighted by Crippen LogP contribution is 2.36. The lowest BCUT2D eigenvalue weighted by atomic mass is 10.0. The molecule has 0 aromatic heterocycles. The Balaban J connectivity index is 2.31. The molecule has 1 fully saturated rings. The summed E-state index contributed by atoms with van der Waals surface area (Å²) < 4.78 is 17.7. The average Bonchev–Trinajstić information content (AvgIpc) is 2.66. The summed E-state index contributed by atoms with van der Waals surface area (Å²) in [5.41, 5.74) is 0.599. The molecule has 164 valence electrons. The van der Waals surface area contributed by atoms with Crippen LogP contribution in [-0.4, -0.2) is 62.4 Å². The maximum atomic E-state index is 13.5. The van der Waals surface area contributed by atoms with Crippen LogP contribution < -0.4 is 14.8 Å². The van der Waals surface area contributed by atoms with Crippen LogP contribution in [0, 0.1) is 0 Å². The van der Waals surface area contributed by atoms with Crippen LogP contribution in [0.3, 0.4) is 0 Å². The lowest BCUT2D eigenvalue weighted by Gasteiger charge is -2.38. The molecule has 1 heterocycles. The minimum atomic E-state index is 0.00486. The van der Waals surface area contributed by atoms with Crippen molar-refractivity contribution < 1.29 is 19.0 Å². The number of hydrogen-bond donors (Lipinski definition) is 1. The molecule has 0 aliphatic carbocycles. The third kappa shape index (κ3) is 6.86. The molecule has 0 radical (unpaired) electrons. The van der Waals surface area contributed by atoms with Gasteiger partial charge in [0.05, 0.1) is 18.3 Å². The van der Waals surface area contributed by atoms with Crippen molar-refractivity contribution in [2.24, 2.45) is 0 Å². The fourth-order valence-electron chi connectivity index (χ4n) is 3.58. The number of methoxy groups -OCH3 is 1. The minimum absolute atomic E-state index is 0.00486. The first kappa shape index (κ1) is 24.0. The summed E-state index contributed by atoms with van der Waals surface area (Å²) in [4.78, 5) is 15.5. The zero-order valence-corrected chi connectivity index (χ0v) is 19.9. The third-order valence-electron chi connectivity index (χ3n) is 4.83. The smallest absolute Gasteiger partial charge is 0.255 e. The van der Waals surface area contributed by atoms with Gasteiger partial charge in [0.25, 0.3) is 5.91 Å². The second-order valence-electron chi connectivity index (χ2n) is 7.95. The van der Waals surface area contributed by atoms with Crippen molar-refractivity contribution in [2.75, 3.05) is 33.4 Å². The van der Waals surface area contributed by atoms with Gasteiger partial charge in [-0.3, -0.25) is 4.79 Å². The van der Waals surface area contributed by atoms with Gasteiger partial charge >= 0.3 is 0 Å². The first-order valence-electron chi connectivity index (χ1n) is 10.5. The second kappa shape index (κ2) is 11.8. The molecule has 0 spiro atoms. The summed E-state index contributed by atoms with van der Waals surface area (Å²) in [5.74, 6) is 1.24. The van der Waals surface area contributed by atoms with Crippen LogP contribution in [0.15, 0.2) is 16.6 Å². The number of nitrogens with one attached hydrogen (secondary N) is 1. The molecule has 2 rings (SSSR count). The first-order chi connectivity index (χ1) is 13.8. The highest BCUT2D eigenvalue weighted by molar-refractivity contribution is 9.10. The molecular formula is C22H35BrN2O4. The average molecular weight is 471 g/mol. The molecule has 6 nitrogen and oxygen atoms in total. The predicted molar refractivity (Wildman–Crippen MR) is 119 cm³/mol. The fraction of sp³-hybridized carbons (Fsp3) is 0.682. The maximum absolute atomic E-state index is 13.5. The molecule has 1 aromatic rings. The van der Waals surface area contributed by atoms with E-state index >= 15 is 0 Å². The first-order valence-corrected chi connectivity index (χ1v) is 11.3.